The number of nitro benzene ring substituents is 1. The molecule has 2 aliphatic heterocycles. The molecule has 1 aromatic rings. The Bertz CT molecular complexity index is 698. The quantitative estimate of drug-likeness (QED) is 0.474. The van der Waals surface area contributed by atoms with Gasteiger partial charge in [-0.2, -0.15) is 0 Å². The van der Waals surface area contributed by atoms with Gasteiger partial charge in [0, 0.05) is 31.3 Å². The summed E-state index contributed by atoms with van der Waals surface area (Å²) < 4.78 is 10.5. The fourth-order valence-electron chi connectivity index (χ4n) is 3.06. The van der Waals surface area contributed by atoms with Gasteiger partial charge in [0.05, 0.1) is 31.4 Å². The third-order valence-electron chi connectivity index (χ3n) is 4.56. The molecule has 0 spiro atoms. The van der Waals surface area contributed by atoms with Gasteiger partial charge in [0.25, 0.3) is 11.6 Å². The predicted octanol–water partition coefficient (Wildman–Crippen LogP) is 2.22. The van der Waals surface area contributed by atoms with Crippen LogP contribution in [0.15, 0.2) is 29.8 Å². The molecule has 26 heavy (non-hydrogen) atoms. The summed E-state index contributed by atoms with van der Waals surface area (Å²) in [7, 11) is 0. The largest absolute Gasteiger partial charge is 0.379 e. The van der Waals surface area contributed by atoms with E-state index >= 15 is 0 Å². The second kappa shape index (κ2) is 8.77. The first-order chi connectivity index (χ1) is 12.6. The molecule has 0 radical (unpaired) electrons. The molecule has 2 heterocycles. The van der Waals surface area contributed by atoms with Crippen molar-refractivity contribution in [2.24, 2.45) is 0 Å². The molecule has 0 unspecified atom stereocenters. The van der Waals surface area contributed by atoms with Gasteiger partial charge in [-0.3, -0.25) is 14.9 Å². The Labute approximate surface area is 151 Å². The Morgan fingerprint density at radius 3 is 2.73 bits per heavy atom. The van der Waals surface area contributed by atoms with E-state index < -0.39 is 4.92 Å². The summed E-state index contributed by atoms with van der Waals surface area (Å²) in [4.78, 5) is 25.2. The van der Waals surface area contributed by atoms with Gasteiger partial charge >= 0.3 is 0 Å². The highest BCUT2D eigenvalue weighted by molar-refractivity contribution is 5.95. The van der Waals surface area contributed by atoms with Crippen LogP contribution >= 0.6 is 0 Å². The number of carbonyl (C=O) groups is 1. The lowest BCUT2D eigenvalue weighted by molar-refractivity contribution is -0.384. The molecular formula is C18H23N3O5. The van der Waals surface area contributed by atoms with Gasteiger partial charge in [-0.15, -0.1) is 0 Å². The average molecular weight is 361 g/mol. The van der Waals surface area contributed by atoms with E-state index in [4.69, 9.17) is 9.47 Å². The van der Waals surface area contributed by atoms with E-state index in [1.807, 2.05) is 0 Å². The fourth-order valence-corrected chi connectivity index (χ4v) is 3.06. The Kier molecular flexibility index (Phi) is 6.19. The summed E-state index contributed by atoms with van der Waals surface area (Å²) in [6.07, 6.45) is 3.77. The first-order valence-electron chi connectivity index (χ1n) is 8.80. The standard InChI is InChI=1S/C18H23N3O5/c22-18(20-7-11-26-12-8-20)15-1-2-16(17(13-15)21(23)24)19-6-3-14-4-9-25-10-5-14/h1-2,4,13,19H,3,5-12H2. The number of nitrogens with one attached hydrogen (secondary N) is 1. The zero-order valence-corrected chi connectivity index (χ0v) is 14.6. The number of anilines is 1. The highest BCUT2D eigenvalue weighted by Crippen LogP contribution is 2.27. The molecule has 1 saturated heterocycles. The Morgan fingerprint density at radius 1 is 1.23 bits per heavy atom. The molecule has 1 N–H and O–H groups in total. The minimum atomic E-state index is -0.452. The number of hydrogen-bond acceptors (Lipinski definition) is 6. The lowest BCUT2D eigenvalue weighted by Gasteiger charge is -2.26. The highest BCUT2D eigenvalue weighted by atomic mass is 16.6. The number of carbonyl (C=O) groups excluding carboxylic acids is 1. The number of morpholine rings is 1. The van der Waals surface area contributed by atoms with Crippen LogP contribution in [0, 0.1) is 10.1 Å². The molecule has 3 rings (SSSR count). The molecule has 0 aromatic heterocycles. The zero-order chi connectivity index (χ0) is 18.4. The Morgan fingerprint density at radius 2 is 2.04 bits per heavy atom. The number of ether oxygens (including phenoxy) is 2. The maximum atomic E-state index is 12.5. The fraction of sp³-hybridized carbons (Fsp3) is 0.500. The monoisotopic (exact) mass is 361 g/mol. The van der Waals surface area contributed by atoms with Crippen LogP contribution in [0.25, 0.3) is 0 Å². The van der Waals surface area contributed by atoms with E-state index in [0.717, 1.165) is 19.4 Å². The average Bonchev–Trinajstić information content (AvgIpc) is 2.69. The Balaban J connectivity index is 1.67. The van der Waals surface area contributed by atoms with Crippen molar-refractivity contribution in [1.29, 1.82) is 0 Å². The van der Waals surface area contributed by atoms with Crippen LogP contribution in [0.1, 0.15) is 23.2 Å². The van der Waals surface area contributed by atoms with Crippen LogP contribution in [-0.2, 0) is 9.47 Å². The van der Waals surface area contributed by atoms with E-state index in [9.17, 15) is 14.9 Å². The van der Waals surface area contributed by atoms with Crippen molar-refractivity contribution >= 4 is 17.3 Å². The number of amides is 1. The topological polar surface area (TPSA) is 93.9 Å². The molecule has 2 aliphatic rings. The Hall–Kier alpha value is -2.45. The van der Waals surface area contributed by atoms with Crippen LogP contribution in [0.4, 0.5) is 11.4 Å². The molecule has 1 amide bonds. The van der Waals surface area contributed by atoms with Crippen molar-refractivity contribution in [1.82, 2.24) is 4.90 Å². The summed E-state index contributed by atoms with van der Waals surface area (Å²) in [5.74, 6) is -0.199. The predicted molar refractivity (Wildman–Crippen MR) is 96.4 cm³/mol. The van der Waals surface area contributed by atoms with Gasteiger partial charge in [-0.1, -0.05) is 11.6 Å². The highest BCUT2D eigenvalue weighted by Gasteiger charge is 2.22. The second-order valence-corrected chi connectivity index (χ2v) is 6.26. The lowest BCUT2D eigenvalue weighted by atomic mass is 10.1. The van der Waals surface area contributed by atoms with E-state index in [-0.39, 0.29) is 11.6 Å². The first kappa shape index (κ1) is 18.3. The summed E-state index contributed by atoms with van der Waals surface area (Å²) in [5, 5.41) is 14.5. The molecule has 0 atom stereocenters. The maximum Gasteiger partial charge on any atom is 0.293 e. The molecule has 0 bridgehead atoms. The van der Waals surface area contributed by atoms with Crippen LogP contribution < -0.4 is 5.32 Å². The van der Waals surface area contributed by atoms with E-state index in [1.165, 1.54) is 11.6 Å². The number of nitro groups is 1. The molecule has 0 saturated carbocycles. The third kappa shape index (κ3) is 4.59. The minimum absolute atomic E-state index is 0.0786. The third-order valence-corrected chi connectivity index (χ3v) is 4.56. The number of hydrogen-bond donors (Lipinski definition) is 1. The molecular weight excluding hydrogens is 338 g/mol. The van der Waals surface area contributed by atoms with Gasteiger partial charge < -0.3 is 19.7 Å². The summed E-state index contributed by atoms with van der Waals surface area (Å²) in [6, 6.07) is 4.61. The summed E-state index contributed by atoms with van der Waals surface area (Å²) >= 11 is 0. The number of benzene rings is 1. The van der Waals surface area contributed by atoms with Crippen molar-refractivity contribution in [3.8, 4) is 0 Å². The van der Waals surface area contributed by atoms with Crippen LogP contribution in [0.3, 0.4) is 0 Å². The van der Waals surface area contributed by atoms with E-state index in [0.29, 0.717) is 50.7 Å². The van der Waals surface area contributed by atoms with Crippen molar-refractivity contribution < 1.29 is 19.2 Å². The SMILES string of the molecule is O=C(c1ccc(NCCC2=CCOCC2)c([N+](=O)[O-])c1)N1CCOCC1. The molecule has 140 valence electrons. The smallest absolute Gasteiger partial charge is 0.293 e. The second-order valence-electron chi connectivity index (χ2n) is 6.26. The van der Waals surface area contributed by atoms with Crippen molar-refractivity contribution in [3.63, 3.8) is 0 Å². The van der Waals surface area contributed by atoms with Crippen molar-refractivity contribution in [3.05, 3.63) is 45.5 Å². The molecule has 8 heteroatoms. The van der Waals surface area contributed by atoms with Crippen molar-refractivity contribution in [2.75, 3.05) is 51.4 Å². The lowest BCUT2D eigenvalue weighted by Crippen LogP contribution is -2.40. The molecule has 8 nitrogen and oxygen atoms in total. The molecule has 0 aliphatic carbocycles. The van der Waals surface area contributed by atoms with Gasteiger partial charge in [-0.25, -0.2) is 0 Å². The zero-order valence-electron chi connectivity index (χ0n) is 14.6. The number of rotatable bonds is 6. The van der Waals surface area contributed by atoms with Crippen LogP contribution in [0.5, 0.6) is 0 Å². The minimum Gasteiger partial charge on any atom is -0.379 e. The first-order valence-corrected chi connectivity index (χ1v) is 8.80. The van der Waals surface area contributed by atoms with Gasteiger partial charge in [-0.05, 0) is 25.0 Å². The normalized spacial score (nSPS) is 17.5. The molecule has 1 fully saturated rings. The van der Waals surface area contributed by atoms with Gasteiger partial charge in [0.15, 0.2) is 0 Å². The summed E-state index contributed by atoms with van der Waals surface area (Å²) in [6.45, 7) is 3.96. The van der Waals surface area contributed by atoms with E-state index in [1.54, 1.807) is 17.0 Å². The van der Waals surface area contributed by atoms with E-state index in [2.05, 4.69) is 11.4 Å². The number of nitrogens with zero attached hydrogens (tertiary/aromatic N) is 2. The maximum absolute atomic E-state index is 12.5. The van der Waals surface area contributed by atoms with Crippen LogP contribution in [-0.4, -0.2) is 61.8 Å². The van der Waals surface area contributed by atoms with Gasteiger partial charge in [0.1, 0.15) is 5.69 Å². The van der Waals surface area contributed by atoms with Gasteiger partial charge in [0.2, 0.25) is 0 Å². The van der Waals surface area contributed by atoms with Crippen LogP contribution in [0.2, 0.25) is 0 Å². The summed E-state index contributed by atoms with van der Waals surface area (Å²) in [5.41, 5.74) is 1.98. The van der Waals surface area contributed by atoms with Crippen molar-refractivity contribution in [2.45, 2.75) is 12.8 Å². The molecule has 1 aromatic carbocycles.